The lowest BCUT2D eigenvalue weighted by Gasteiger charge is -2.28. The number of carbonyl (C=O) groups is 1. The average Bonchev–Trinajstić information content (AvgIpc) is 2.23. The Balaban J connectivity index is 3.97. The third-order valence-corrected chi connectivity index (χ3v) is 3.08. The van der Waals surface area contributed by atoms with Crippen LogP contribution in [-0.2, 0) is 4.74 Å². The summed E-state index contributed by atoms with van der Waals surface area (Å²) in [4.78, 5) is 11.5. The third-order valence-electron chi connectivity index (χ3n) is 3.08. The van der Waals surface area contributed by atoms with Crippen molar-refractivity contribution in [3.8, 4) is 0 Å². The molecule has 0 aromatic heterocycles. The minimum atomic E-state index is -0.895. The van der Waals surface area contributed by atoms with E-state index in [0.29, 0.717) is 6.54 Å². The molecule has 3 N–H and O–H groups in total. The molecule has 0 saturated carbocycles. The van der Waals surface area contributed by atoms with Gasteiger partial charge in [-0.3, -0.25) is 0 Å². The molecule has 0 aliphatic carbocycles. The van der Waals surface area contributed by atoms with Gasteiger partial charge in [-0.25, -0.2) is 4.79 Å². The second kappa shape index (κ2) is 6.21. The molecule has 0 saturated heterocycles. The van der Waals surface area contributed by atoms with Gasteiger partial charge in [0.25, 0.3) is 0 Å². The van der Waals surface area contributed by atoms with E-state index in [4.69, 9.17) is 4.74 Å². The summed E-state index contributed by atoms with van der Waals surface area (Å²) in [5, 5.41) is 15.3. The van der Waals surface area contributed by atoms with E-state index < -0.39 is 11.2 Å². The lowest BCUT2D eigenvalue weighted by Crippen LogP contribution is -2.50. The van der Waals surface area contributed by atoms with Crippen molar-refractivity contribution < 1.29 is 14.6 Å². The molecule has 0 fully saturated rings. The minimum Gasteiger partial charge on any atom is -0.388 e. The van der Waals surface area contributed by atoms with Gasteiger partial charge in [-0.05, 0) is 26.7 Å². The molecule has 0 aliphatic heterocycles. The first-order valence-corrected chi connectivity index (χ1v) is 5.90. The third kappa shape index (κ3) is 6.48. The summed E-state index contributed by atoms with van der Waals surface area (Å²) in [6.45, 7) is 9.94. The van der Waals surface area contributed by atoms with Crippen LogP contribution in [0, 0.1) is 5.92 Å². The molecule has 5 heteroatoms. The van der Waals surface area contributed by atoms with Crippen molar-refractivity contribution in [2.75, 3.05) is 20.2 Å². The molecule has 1 unspecified atom stereocenters. The molecule has 102 valence electrons. The van der Waals surface area contributed by atoms with E-state index in [1.165, 1.54) is 0 Å². The number of nitrogens with one attached hydrogen (secondary N) is 2. The summed E-state index contributed by atoms with van der Waals surface area (Å²) in [6, 6.07) is -0.295. The highest BCUT2D eigenvalue weighted by atomic mass is 16.5. The number of carbonyl (C=O) groups excluding carboxylic acids is 1. The minimum absolute atomic E-state index is 0.0817. The standard InChI is InChI=1S/C12H26N2O3/c1-9(2)12(5,16)8-14-10(15)13-7-11(3,4)17-6/h9,16H,7-8H2,1-6H3,(H2,13,14,15). The normalized spacial score (nSPS) is 15.5. The van der Waals surface area contributed by atoms with Crippen LogP contribution >= 0.6 is 0 Å². The van der Waals surface area contributed by atoms with Gasteiger partial charge in [0.05, 0.1) is 11.2 Å². The van der Waals surface area contributed by atoms with Crippen molar-refractivity contribution in [1.29, 1.82) is 0 Å². The highest BCUT2D eigenvalue weighted by molar-refractivity contribution is 5.73. The molecule has 0 aromatic carbocycles. The summed E-state index contributed by atoms with van der Waals surface area (Å²) < 4.78 is 5.18. The molecular weight excluding hydrogens is 220 g/mol. The zero-order valence-electron chi connectivity index (χ0n) is 11.8. The van der Waals surface area contributed by atoms with Crippen LogP contribution in [0.5, 0.6) is 0 Å². The number of ether oxygens (including phenoxy) is 1. The first kappa shape index (κ1) is 16.2. The maximum atomic E-state index is 11.5. The summed E-state index contributed by atoms with van der Waals surface area (Å²) in [7, 11) is 1.60. The van der Waals surface area contributed by atoms with Crippen LogP contribution in [0.25, 0.3) is 0 Å². The Morgan fingerprint density at radius 3 is 2.12 bits per heavy atom. The Kier molecular flexibility index (Phi) is 5.92. The molecule has 17 heavy (non-hydrogen) atoms. The number of rotatable bonds is 6. The highest BCUT2D eigenvalue weighted by Gasteiger charge is 2.25. The van der Waals surface area contributed by atoms with Gasteiger partial charge in [0, 0.05) is 20.2 Å². The zero-order chi connectivity index (χ0) is 13.7. The van der Waals surface area contributed by atoms with Gasteiger partial charge in [0.15, 0.2) is 0 Å². The van der Waals surface area contributed by atoms with Crippen LogP contribution in [0.3, 0.4) is 0 Å². The molecule has 0 rings (SSSR count). The predicted molar refractivity (Wildman–Crippen MR) is 68.0 cm³/mol. The molecule has 0 radical (unpaired) electrons. The predicted octanol–water partition coefficient (Wildman–Crippen LogP) is 1.12. The number of aliphatic hydroxyl groups is 1. The van der Waals surface area contributed by atoms with Gasteiger partial charge >= 0.3 is 6.03 Å². The van der Waals surface area contributed by atoms with Gasteiger partial charge in [-0.2, -0.15) is 0 Å². The number of hydrogen-bond donors (Lipinski definition) is 3. The van der Waals surface area contributed by atoms with Gasteiger partial charge in [-0.1, -0.05) is 13.8 Å². The molecule has 2 amide bonds. The number of methoxy groups -OCH3 is 1. The van der Waals surface area contributed by atoms with Crippen molar-refractivity contribution in [2.24, 2.45) is 5.92 Å². The Hall–Kier alpha value is -0.810. The summed E-state index contributed by atoms with van der Waals surface area (Å²) in [5.41, 5.74) is -1.29. The first-order valence-electron chi connectivity index (χ1n) is 5.90. The molecule has 1 atom stereocenters. The molecule has 0 heterocycles. The van der Waals surface area contributed by atoms with E-state index in [9.17, 15) is 9.90 Å². The summed E-state index contributed by atoms with van der Waals surface area (Å²) in [5.74, 6) is 0.0817. The molecule has 5 nitrogen and oxygen atoms in total. The molecule has 0 aromatic rings. The van der Waals surface area contributed by atoms with Crippen LogP contribution in [0.2, 0.25) is 0 Å². The lowest BCUT2D eigenvalue weighted by molar-refractivity contribution is 0.0150. The van der Waals surface area contributed by atoms with Crippen LogP contribution in [-0.4, -0.2) is 42.5 Å². The van der Waals surface area contributed by atoms with E-state index in [1.54, 1.807) is 14.0 Å². The molecule has 0 aliphatic rings. The van der Waals surface area contributed by atoms with E-state index >= 15 is 0 Å². The summed E-state index contributed by atoms with van der Waals surface area (Å²) in [6.07, 6.45) is 0. The zero-order valence-corrected chi connectivity index (χ0v) is 11.8. The van der Waals surface area contributed by atoms with Crippen molar-refractivity contribution in [1.82, 2.24) is 10.6 Å². The van der Waals surface area contributed by atoms with Crippen LogP contribution in [0.4, 0.5) is 4.79 Å². The smallest absolute Gasteiger partial charge is 0.314 e. The number of hydrogen-bond acceptors (Lipinski definition) is 3. The van der Waals surface area contributed by atoms with Crippen LogP contribution < -0.4 is 10.6 Å². The lowest BCUT2D eigenvalue weighted by atomic mass is 9.93. The van der Waals surface area contributed by atoms with Gasteiger partial charge < -0.3 is 20.5 Å². The van der Waals surface area contributed by atoms with E-state index in [-0.39, 0.29) is 18.5 Å². The Labute approximate surface area is 104 Å². The van der Waals surface area contributed by atoms with E-state index in [1.807, 2.05) is 27.7 Å². The topological polar surface area (TPSA) is 70.6 Å². The fourth-order valence-corrected chi connectivity index (χ4v) is 0.891. The van der Waals surface area contributed by atoms with Gasteiger partial charge in [0.2, 0.25) is 0 Å². The first-order chi connectivity index (χ1) is 7.60. The largest absolute Gasteiger partial charge is 0.388 e. The van der Waals surface area contributed by atoms with Crippen molar-refractivity contribution in [3.63, 3.8) is 0 Å². The average molecular weight is 246 g/mol. The SMILES string of the molecule is COC(C)(C)CNC(=O)NCC(C)(O)C(C)C. The Morgan fingerprint density at radius 1 is 1.24 bits per heavy atom. The second-order valence-electron chi connectivity index (χ2n) is 5.51. The number of amides is 2. The fourth-order valence-electron chi connectivity index (χ4n) is 0.891. The Morgan fingerprint density at radius 2 is 1.71 bits per heavy atom. The van der Waals surface area contributed by atoms with E-state index in [0.717, 1.165) is 0 Å². The van der Waals surface area contributed by atoms with E-state index in [2.05, 4.69) is 10.6 Å². The van der Waals surface area contributed by atoms with Crippen molar-refractivity contribution >= 4 is 6.03 Å². The quantitative estimate of drug-likeness (QED) is 0.657. The molecule has 0 spiro atoms. The highest BCUT2D eigenvalue weighted by Crippen LogP contribution is 2.14. The second-order valence-corrected chi connectivity index (χ2v) is 5.51. The van der Waals surface area contributed by atoms with Gasteiger partial charge in [-0.15, -0.1) is 0 Å². The van der Waals surface area contributed by atoms with Gasteiger partial charge in [0.1, 0.15) is 0 Å². The van der Waals surface area contributed by atoms with Crippen molar-refractivity contribution in [3.05, 3.63) is 0 Å². The Bertz CT molecular complexity index is 250. The molecular formula is C12H26N2O3. The molecule has 0 bridgehead atoms. The monoisotopic (exact) mass is 246 g/mol. The number of urea groups is 1. The van der Waals surface area contributed by atoms with Crippen molar-refractivity contribution in [2.45, 2.75) is 45.8 Å². The summed E-state index contributed by atoms with van der Waals surface area (Å²) >= 11 is 0. The van der Waals surface area contributed by atoms with Crippen LogP contribution in [0.1, 0.15) is 34.6 Å². The fraction of sp³-hybridized carbons (Fsp3) is 0.917. The van der Waals surface area contributed by atoms with Crippen LogP contribution in [0.15, 0.2) is 0 Å². The maximum absolute atomic E-state index is 11.5. The maximum Gasteiger partial charge on any atom is 0.314 e.